The molecule has 2 aromatic carbocycles. The van der Waals surface area contributed by atoms with Crippen LogP contribution in [0.5, 0.6) is 0 Å². The van der Waals surface area contributed by atoms with Gasteiger partial charge in [-0.05, 0) is 47.1 Å². The van der Waals surface area contributed by atoms with Crippen molar-refractivity contribution in [3.05, 3.63) is 47.0 Å². The molecule has 2 heteroatoms. The fourth-order valence-corrected chi connectivity index (χ4v) is 3.70. The van der Waals surface area contributed by atoms with E-state index in [1.54, 1.807) is 0 Å². The molecule has 90 valence electrons. The summed E-state index contributed by atoms with van der Waals surface area (Å²) < 4.78 is 0. The van der Waals surface area contributed by atoms with E-state index in [0.717, 1.165) is 17.7 Å². The van der Waals surface area contributed by atoms with E-state index < -0.39 is 0 Å². The normalized spacial score (nSPS) is 23.6. The van der Waals surface area contributed by atoms with Crippen LogP contribution in [0, 0.1) is 0 Å². The van der Waals surface area contributed by atoms with Crippen LogP contribution in [0.4, 0.5) is 0 Å². The zero-order valence-electron chi connectivity index (χ0n) is 10.2. The van der Waals surface area contributed by atoms with Gasteiger partial charge in [-0.3, -0.25) is 0 Å². The van der Waals surface area contributed by atoms with E-state index in [2.05, 4.69) is 35.5 Å². The second-order valence-electron chi connectivity index (χ2n) is 5.38. The van der Waals surface area contributed by atoms with E-state index in [0.29, 0.717) is 5.92 Å². The number of benzene rings is 2. The highest BCUT2D eigenvalue weighted by atomic mass is 16.4. The average Bonchev–Trinajstić information content (AvgIpc) is 2.44. The van der Waals surface area contributed by atoms with Gasteiger partial charge in [0.05, 0.1) is 5.71 Å². The lowest BCUT2D eigenvalue weighted by Gasteiger charge is -2.32. The summed E-state index contributed by atoms with van der Waals surface area (Å²) in [5.74, 6) is 0.554. The molecule has 0 aromatic heterocycles. The summed E-state index contributed by atoms with van der Waals surface area (Å²) in [5.41, 5.74) is 5.02. The zero-order valence-corrected chi connectivity index (χ0v) is 10.2. The second kappa shape index (κ2) is 3.58. The Morgan fingerprint density at radius 1 is 1.17 bits per heavy atom. The third-order valence-corrected chi connectivity index (χ3v) is 4.45. The average molecular weight is 237 g/mol. The highest BCUT2D eigenvalue weighted by molar-refractivity contribution is 6.14. The minimum Gasteiger partial charge on any atom is -0.411 e. The lowest BCUT2D eigenvalue weighted by molar-refractivity contribution is 0.317. The summed E-state index contributed by atoms with van der Waals surface area (Å²) >= 11 is 0. The van der Waals surface area contributed by atoms with Crippen LogP contribution < -0.4 is 0 Å². The number of hydrogen-bond acceptors (Lipinski definition) is 2. The molecule has 0 radical (unpaired) electrons. The van der Waals surface area contributed by atoms with E-state index in [1.165, 1.54) is 41.2 Å². The van der Waals surface area contributed by atoms with Gasteiger partial charge < -0.3 is 5.21 Å². The number of nitrogens with zero attached hydrogens (tertiary/aromatic N) is 1. The number of oxime groups is 1. The maximum Gasteiger partial charge on any atom is 0.0880 e. The monoisotopic (exact) mass is 237 g/mol. The Hall–Kier alpha value is -1.83. The first-order valence-electron chi connectivity index (χ1n) is 6.64. The molecule has 2 aromatic rings. The molecule has 2 nitrogen and oxygen atoms in total. The molecule has 0 saturated heterocycles. The van der Waals surface area contributed by atoms with Crippen molar-refractivity contribution in [2.45, 2.75) is 31.6 Å². The SMILES string of the molecule is O/N=C1\C[C@H]2CCCc3ccc4cccc1c4c32. The van der Waals surface area contributed by atoms with Gasteiger partial charge in [0.2, 0.25) is 0 Å². The molecule has 18 heavy (non-hydrogen) atoms. The fourth-order valence-electron chi connectivity index (χ4n) is 3.70. The van der Waals surface area contributed by atoms with Crippen molar-refractivity contribution in [1.29, 1.82) is 0 Å². The smallest absolute Gasteiger partial charge is 0.0880 e. The lowest BCUT2D eigenvalue weighted by atomic mass is 9.72. The van der Waals surface area contributed by atoms with Gasteiger partial charge in [-0.1, -0.05) is 35.5 Å². The second-order valence-corrected chi connectivity index (χ2v) is 5.38. The molecule has 0 saturated carbocycles. The Morgan fingerprint density at radius 3 is 3.00 bits per heavy atom. The summed E-state index contributed by atoms with van der Waals surface area (Å²) in [4.78, 5) is 0. The summed E-state index contributed by atoms with van der Waals surface area (Å²) in [5, 5.41) is 15.4. The molecule has 0 bridgehead atoms. The van der Waals surface area contributed by atoms with Crippen LogP contribution in [0.2, 0.25) is 0 Å². The van der Waals surface area contributed by atoms with Crippen LogP contribution in [0.3, 0.4) is 0 Å². The van der Waals surface area contributed by atoms with Crippen LogP contribution in [-0.4, -0.2) is 10.9 Å². The predicted octanol–water partition coefficient (Wildman–Crippen LogP) is 3.84. The molecule has 0 spiro atoms. The van der Waals surface area contributed by atoms with E-state index in [-0.39, 0.29) is 0 Å². The molecule has 2 aliphatic rings. The quantitative estimate of drug-likeness (QED) is 0.548. The van der Waals surface area contributed by atoms with Crippen LogP contribution in [0.1, 0.15) is 41.9 Å². The Kier molecular flexibility index (Phi) is 2.01. The first kappa shape index (κ1) is 10.1. The molecule has 2 aliphatic carbocycles. The summed E-state index contributed by atoms with van der Waals surface area (Å²) in [6, 6.07) is 10.8. The van der Waals surface area contributed by atoms with E-state index in [9.17, 15) is 5.21 Å². The summed E-state index contributed by atoms with van der Waals surface area (Å²) in [6.45, 7) is 0. The Labute approximate surface area is 106 Å². The third-order valence-electron chi connectivity index (χ3n) is 4.45. The molecule has 0 unspecified atom stereocenters. The molecule has 0 amide bonds. The van der Waals surface area contributed by atoms with Gasteiger partial charge in [0, 0.05) is 12.0 Å². The van der Waals surface area contributed by atoms with Gasteiger partial charge in [0.1, 0.15) is 0 Å². The van der Waals surface area contributed by atoms with Gasteiger partial charge in [0.15, 0.2) is 0 Å². The maximum atomic E-state index is 9.26. The number of hydrogen-bond donors (Lipinski definition) is 1. The van der Waals surface area contributed by atoms with Crippen LogP contribution in [-0.2, 0) is 6.42 Å². The molecule has 1 N–H and O–H groups in total. The van der Waals surface area contributed by atoms with Crippen molar-refractivity contribution >= 4 is 16.5 Å². The third kappa shape index (κ3) is 1.20. The van der Waals surface area contributed by atoms with Crippen molar-refractivity contribution in [2.75, 3.05) is 0 Å². The summed E-state index contributed by atoms with van der Waals surface area (Å²) in [6.07, 6.45) is 4.56. The highest BCUT2D eigenvalue weighted by Crippen LogP contribution is 2.44. The Bertz CT molecular complexity index is 672. The minimum absolute atomic E-state index is 0.554. The van der Waals surface area contributed by atoms with Crippen molar-refractivity contribution < 1.29 is 5.21 Å². The Morgan fingerprint density at radius 2 is 2.11 bits per heavy atom. The molecular formula is C16H15NO. The van der Waals surface area contributed by atoms with Gasteiger partial charge in [0.25, 0.3) is 0 Å². The Balaban J connectivity index is 2.18. The summed E-state index contributed by atoms with van der Waals surface area (Å²) in [7, 11) is 0. The molecule has 0 aliphatic heterocycles. The standard InChI is InChI=1S/C16H15NO/c18-17-14-9-12-5-1-3-10-7-8-11-4-2-6-13(14)16(11)15(10)12/h2,4,6-8,12,18H,1,3,5,9H2/b17-14+/t12-/m1/s1. The van der Waals surface area contributed by atoms with Gasteiger partial charge in [-0.2, -0.15) is 0 Å². The van der Waals surface area contributed by atoms with E-state index >= 15 is 0 Å². The predicted molar refractivity (Wildman–Crippen MR) is 72.6 cm³/mol. The largest absolute Gasteiger partial charge is 0.411 e. The number of aryl methyl sites for hydroxylation is 1. The van der Waals surface area contributed by atoms with Gasteiger partial charge >= 0.3 is 0 Å². The fraction of sp³-hybridized carbons (Fsp3) is 0.312. The van der Waals surface area contributed by atoms with Gasteiger partial charge in [-0.25, -0.2) is 0 Å². The van der Waals surface area contributed by atoms with Crippen molar-refractivity contribution in [3.63, 3.8) is 0 Å². The first-order chi connectivity index (χ1) is 8.88. The molecule has 0 fully saturated rings. The van der Waals surface area contributed by atoms with Crippen LogP contribution in [0.15, 0.2) is 35.5 Å². The van der Waals surface area contributed by atoms with Crippen LogP contribution in [0.25, 0.3) is 10.8 Å². The molecular weight excluding hydrogens is 222 g/mol. The highest BCUT2D eigenvalue weighted by Gasteiger charge is 2.30. The molecule has 1 atom stereocenters. The minimum atomic E-state index is 0.554. The van der Waals surface area contributed by atoms with E-state index in [1.807, 2.05) is 0 Å². The van der Waals surface area contributed by atoms with E-state index in [4.69, 9.17) is 0 Å². The number of rotatable bonds is 0. The van der Waals surface area contributed by atoms with Crippen molar-refractivity contribution in [3.8, 4) is 0 Å². The first-order valence-corrected chi connectivity index (χ1v) is 6.64. The van der Waals surface area contributed by atoms with Gasteiger partial charge in [-0.15, -0.1) is 0 Å². The topological polar surface area (TPSA) is 32.6 Å². The van der Waals surface area contributed by atoms with Crippen molar-refractivity contribution in [1.82, 2.24) is 0 Å². The lowest BCUT2D eigenvalue weighted by Crippen LogP contribution is -2.20. The van der Waals surface area contributed by atoms with Crippen molar-refractivity contribution in [2.24, 2.45) is 5.16 Å². The maximum absolute atomic E-state index is 9.26. The molecule has 0 heterocycles. The molecule has 4 rings (SSSR count). The zero-order chi connectivity index (χ0) is 12.1. The van der Waals surface area contributed by atoms with Crippen LogP contribution >= 0.6 is 0 Å².